The number of hydrogen-bond acceptors (Lipinski definition) is 8. The van der Waals surface area contributed by atoms with Gasteiger partial charge in [0.05, 0.1) is 50.1 Å². The van der Waals surface area contributed by atoms with Crippen LogP contribution in [0.3, 0.4) is 0 Å². The topological polar surface area (TPSA) is 175 Å². The lowest BCUT2D eigenvalue weighted by Crippen LogP contribution is -2.51. The second kappa shape index (κ2) is 18.0. The minimum atomic E-state index is -0.879. The molecule has 2 aliphatic heterocycles. The van der Waals surface area contributed by atoms with E-state index in [-0.39, 0.29) is 41.8 Å². The molecule has 9 rings (SSSR count). The van der Waals surface area contributed by atoms with E-state index in [1.54, 1.807) is 0 Å². The van der Waals surface area contributed by atoms with Gasteiger partial charge in [-0.25, -0.2) is 19.6 Å². The van der Waals surface area contributed by atoms with Crippen molar-refractivity contribution >= 4 is 34.8 Å². The van der Waals surface area contributed by atoms with Crippen molar-refractivity contribution in [1.82, 2.24) is 40.4 Å². The summed E-state index contributed by atoms with van der Waals surface area (Å²) in [6.45, 7) is 4.41. The third-order valence-corrected chi connectivity index (χ3v) is 13.3. The van der Waals surface area contributed by atoms with Crippen molar-refractivity contribution in [3.05, 3.63) is 121 Å². The molecule has 6 atom stereocenters. The monoisotopic (exact) mass is 862 g/mol. The van der Waals surface area contributed by atoms with Gasteiger partial charge in [-0.15, -0.1) is 0 Å². The smallest absolute Gasteiger partial charge is 0.407 e. The second-order valence-electron chi connectivity index (χ2n) is 17.5. The van der Waals surface area contributed by atoms with Crippen LogP contribution in [0.5, 0.6) is 0 Å². The highest BCUT2D eigenvalue weighted by Crippen LogP contribution is 2.49. The predicted molar refractivity (Wildman–Crippen MR) is 242 cm³/mol. The van der Waals surface area contributed by atoms with Crippen LogP contribution in [-0.2, 0) is 19.1 Å². The van der Waals surface area contributed by atoms with E-state index in [0.29, 0.717) is 12.1 Å². The number of rotatable bonds is 11. The van der Waals surface area contributed by atoms with Crippen molar-refractivity contribution in [2.45, 2.75) is 82.6 Å². The predicted octanol–water partition coefficient (Wildman–Crippen LogP) is 8.87. The highest BCUT2D eigenvalue weighted by molar-refractivity contribution is 5.91. The van der Waals surface area contributed by atoms with Crippen molar-refractivity contribution in [2.75, 3.05) is 20.8 Å². The van der Waals surface area contributed by atoms with Gasteiger partial charge in [0.25, 0.3) is 5.91 Å². The lowest BCUT2D eigenvalue weighted by molar-refractivity contribution is -0.137. The highest BCUT2D eigenvalue weighted by Gasteiger charge is 2.49. The molecule has 1 aliphatic carbocycles. The minimum Gasteiger partial charge on any atom is -0.453 e. The Morgan fingerprint density at radius 3 is 2.03 bits per heavy atom. The Bertz CT molecular complexity index is 2660. The van der Waals surface area contributed by atoms with Gasteiger partial charge in [0, 0.05) is 18.2 Å². The zero-order chi connectivity index (χ0) is 44.5. The fourth-order valence-corrected chi connectivity index (χ4v) is 10.0. The number of H-pyrrole nitrogens is 2. The quantitative estimate of drug-likeness (QED) is 0.1000. The third-order valence-electron chi connectivity index (χ3n) is 13.3. The van der Waals surface area contributed by atoms with Crippen molar-refractivity contribution in [1.29, 1.82) is 0 Å². The number of fused-ring (bicyclic) bond motifs is 3. The number of carbonyl (C=O) groups excluding carboxylic acids is 4. The molecule has 14 nitrogen and oxygen atoms in total. The van der Waals surface area contributed by atoms with Gasteiger partial charge in [-0.1, -0.05) is 99.1 Å². The fourth-order valence-electron chi connectivity index (χ4n) is 10.0. The van der Waals surface area contributed by atoms with E-state index in [9.17, 15) is 19.2 Å². The molecule has 6 aromatic rings. The van der Waals surface area contributed by atoms with Crippen molar-refractivity contribution in [2.24, 2.45) is 11.8 Å². The number of benzene rings is 4. The zero-order valence-electron chi connectivity index (χ0n) is 36.5. The number of imidazole rings is 2. The third kappa shape index (κ3) is 8.31. The number of amides is 4. The van der Waals surface area contributed by atoms with Crippen LogP contribution in [0.4, 0.5) is 9.59 Å². The van der Waals surface area contributed by atoms with Crippen molar-refractivity contribution < 1.29 is 28.7 Å². The summed E-state index contributed by atoms with van der Waals surface area (Å²) in [4.78, 5) is 73.0. The van der Waals surface area contributed by atoms with E-state index >= 15 is 0 Å². The molecule has 0 unspecified atom stereocenters. The standard InChI is InChI=1S/C50H54N8O6/c1-29(2)42(55-49(61)63-3)47(59)57-23-9-14-41(57)45-51-28-40(53-45)36-22-21-34-24-33(19-20-35(34)25-36)30-15-17-31(18-16-30)39-27-52-46(54-39)44-37-12-8-13-38(26-37)58(44)48(60)43(56-50(62)64-4)32-10-6-5-7-11-32/h5-7,10-11,15-22,24-25,27-29,37-38,41-44H,8-9,12-14,23,26H2,1-4H3,(H,51,53)(H,52,54)(H,55,61)(H,56,62)/t37-,38+,41-,42-,43+,44-/m0/s1. The number of hydrogen-bond donors (Lipinski definition) is 4. The number of alkyl carbamates (subject to hydrolysis) is 2. The molecule has 4 amide bonds. The summed E-state index contributed by atoms with van der Waals surface area (Å²) < 4.78 is 9.70. The number of nitrogens with one attached hydrogen (secondary N) is 4. The van der Waals surface area contributed by atoms with Gasteiger partial charge in [0.1, 0.15) is 23.7 Å². The zero-order valence-corrected chi connectivity index (χ0v) is 36.5. The molecule has 0 radical (unpaired) electrons. The minimum absolute atomic E-state index is 0.0658. The van der Waals surface area contributed by atoms with Crippen LogP contribution < -0.4 is 10.6 Å². The Balaban J connectivity index is 0.897. The maximum atomic E-state index is 14.5. The first-order valence-corrected chi connectivity index (χ1v) is 22.2. The number of aromatic nitrogens is 4. The molecule has 4 heterocycles. The molecule has 0 spiro atoms. The lowest BCUT2D eigenvalue weighted by atomic mass is 9.87. The SMILES string of the molecule is COC(=O)N[C@H](C(=O)N1CCC[C@H]1c1ncc(-c2ccc3cc(-c4ccc(-c5cnc([C@@H]6[C@H]7CCC[C@H](C7)N6C(=O)[C@H](NC(=O)OC)c6ccccc6)[nH]5)cc4)ccc3c2)[nH]1)C(C)C. The van der Waals surface area contributed by atoms with Crippen LogP contribution in [0.1, 0.15) is 87.7 Å². The Labute approximate surface area is 372 Å². The van der Waals surface area contributed by atoms with Crippen LogP contribution in [0.25, 0.3) is 44.4 Å². The molecule has 3 aliphatic rings. The first kappa shape index (κ1) is 42.3. The lowest BCUT2D eigenvalue weighted by Gasteiger charge is -2.32. The Morgan fingerprint density at radius 2 is 1.31 bits per heavy atom. The molecular weight excluding hydrogens is 809 g/mol. The Morgan fingerprint density at radius 1 is 0.688 bits per heavy atom. The number of carbonyl (C=O) groups is 4. The normalized spacial score (nSPS) is 20.3. The van der Waals surface area contributed by atoms with Gasteiger partial charge < -0.3 is 39.9 Å². The highest BCUT2D eigenvalue weighted by atomic mass is 16.5. The van der Waals surface area contributed by atoms with Crippen LogP contribution in [-0.4, -0.2) is 86.6 Å². The molecule has 330 valence electrons. The summed E-state index contributed by atoms with van der Waals surface area (Å²) in [5.74, 6) is 1.35. The van der Waals surface area contributed by atoms with Gasteiger partial charge in [-0.05, 0) is 89.1 Å². The van der Waals surface area contributed by atoms with E-state index < -0.39 is 24.3 Å². The molecule has 64 heavy (non-hydrogen) atoms. The van der Waals surface area contributed by atoms with Crippen LogP contribution in [0.15, 0.2) is 103 Å². The van der Waals surface area contributed by atoms with Crippen LogP contribution in [0.2, 0.25) is 0 Å². The van der Waals surface area contributed by atoms with Crippen LogP contribution >= 0.6 is 0 Å². The molecule has 3 fully saturated rings. The van der Waals surface area contributed by atoms with Gasteiger partial charge in [-0.3, -0.25) is 9.59 Å². The number of aromatic amines is 2. The summed E-state index contributed by atoms with van der Waals surface area (Å²) in [5.41, 5.74) is 6.60. The van der Waals surface area contributed by atoms with Crippen molar-refractivity contribution in [3.63, 3.8) is 0 Å². The molecule has 2 bridgehead atoms. The fraction of sp³-hybridized carbons (Fsp3) is 0.360. The van der Waals surface area contributed by atoms with Gasteiger partial charge in [-0.2, -0.15) is 0 Å². The average Bonchev–Trinajstić information content (AvgIpc) is 4.16. The molecule has 4 aromatic carbocycles. The molecular formula is C50H54N8O6. The largest absolute Gasteiger partial charge is 0.453 e. The van der Waals surface area contributed by atoms with E-state index in [1.165, 1.54) is 14.2 Å². The summed E-state index contributed by atoms with van der Waals surface area (Å²) in [5, 5.41) is 7.70. The molecule has 4 N–H and O–H groups in total. The van der Waals surface area contributed by atoms with Gasteiger partial charge >= 0.3 is 12.2 Å². The van der Waals surface area contributed by atoms with Crippen molar-refractivity contribution in [3.8, 4) is 33.6 Å². The van der Waals surface area contributed by atoms with E-state index in [1.807, 2.05) is 66.4 Å². The van der Waals surface area contributed by atoms with E-state index in [4.69, 9.17) is 19.4 Å². The maximum absolute atomic E-state index is 14.5. The summed E-state index contributed by atoms with van der Waals surface area (Å²) in [6, 6.07) is 28.6. The second-order valence-corrected chi connectivity index (χ2v) is 17.5. The summed E-state index contributed by atoms with van der Waals surface area (Å²) >= 11 is 0. The molecule has 1 saturated carbocycles. The van der Waals surface area contributed by atoms with Crippen LogP contribution in [0, 0.1) is 11.8 Å². The number of likely N-dealkylation sites (tertiary alicyclic amines) is 2. The van der Waals surface area contributed by atoms with Gasteiger partial charge in [0.15, 0.2) is 0 Å². The average molecular weight is 863 g/mol. The Kier molecular flexibility index (Phi) is 11.9. The molecule has 2 saturated heterocycles. The number of methoxy groups -OCH3 is 2. The first-order chi connectivity index (χ1) is 31.1. The van der Waals surface area contributed by atoms with E-state index in [2.05, 4.69) is 81.3 Å². The number of ether oxygens (including phenoxy) is 2. The molecule has 2 aromatic heterocycles. The molecule has 14 heteroatoms. The summed E-state index contributed by atoms with van der Waals surface area (Å²) in [7, 11) is 2.60. The van der Waals surface area contributed by atoms with Gasteiger partial charge in [0.2, 0.25) is 5.91 Å². The Hall–Kier alpha value is -6.96. The first-order valence-electron chi connectivity index (χ1n) is 22.2. The summed E-state index contributed by atoms with van der Waals surface area (Å²) in [6.07, 6.45) is 7.89. The maximum Gasteiger partial charge on any atom is 0.407 e. The number of nitrogens with zero attached hydrogens (tertiary/aromatic N) is 4. The van der Waals surface area contributed by atoms with E-state index in [0.717, 1.165) is 94.6 Å².